The molecule has 0 radical (unpaired) electrons. The summed E-state index contributed by atoms with van der Waals surface area (Å²) in [6.45, 7) is 1.87. The predicted octanol–water partition coefficient (Wildman–Crippen LogP) is 3.96. The standard InChI is InChI=1S/C22H16N2O4/c1-11-18(14-9-12(27-2)7-8-17(14)24-11)20-19(21(25)28-22(20)26)15-10-23-16-6-4-3-5-13(15)16/h3-10,23-24H,1-2H3. The van der Waals surface area contributed by atoms with Crippen molar-refractivity contribution in [3.8, 4) is 5.75 Å². The number of methoxy groups -OCH3 is 1. The molecule has 138 valence electrons. The molecule has 0 saturated heterocycles. The molecule has 5 rings (SSSR count). The number of cyclic esters (lactones) is 2. The molecule has 4 aromatic rings. The third kappa shape index (κ3) is 2.21. The van der Waals surface area contributed by atoms with E-state index in [1.807, 2.05) is 49.4 Å². The Kier molecular flexibility index (Phi) is 3.42. The lowest BCUT2D eigenvalue weighted by Crippen LogP contribution is -2.02. The second-order valence-corrected chi connectivity index (χ2v) is 6.71. The molecule has 1 aliphatic rings. The minimum atomic E-state index is -0.642. The number of aryl methyl sites for hydroxylation is 1. The summed E-state index contributed by atoms with van der Waals surface area (Å²) in [6, 6.07) is 13.2. The highest BCUT2D eigenvalue weighted by Gasteiger charge is 2.38. The van der Waals surface area contributed by atoms with Gasteiger partial charge in [-0.05, 0) is 31.2 Å². The number of aromatic nitrogens is 2. The smallest absolute Gasteiger partial charge is 0.347 e. The van der Waals surface area contributed by atoms with E-state index in [9.17, 15) is 9.59 Å². The van der Waals surface area contributed by atoms with Crippen LogP contribution in [0.15, 0.2) is 48.7 Å². The number of nitrogens with one attached hydrogen (secondary N) is 2. The number of aromatic amines is 2. The van der Waals surface area contributed by atoms with Crippen LogP contribution in [0.4, 0.5) is 0 Å². The molecule has 6 nitrogen and oxygen atoms in total. The fourth-order valence-corrected chi connectivity index (χ4v) is 3.90. The number of H-pyrrole nitrogens is 2. The molecule has 3 heterocycles. The number of fused-ring (bicyclic) bond motifs is 2. The summed E-state index contributed by atoms with van der Waals surface area (Å²) < 4.78 is 10.4. The molecule has 0 amide bonds. The fourth-order valence-electron chi connectivity index (χ4n) is 3.90. The van der Waals surface area contributed by atoms with Gasteiger partial charge < -0.3 is 19.4 Å². The van der Waals surface area contributed by atoms with Crippen LogP contribution in [0, 0.1) is 6.92 Å². The molecular formula is C22H16N2O4. The quantitative estimate of drug-likeness (QED) is 0.421. The van der Waals surface area contributed by atoms with Crippen molar-refractivity contribution in [2.75, 3.05) is 7.11 Å². The van der Waals surface area contributed by atoms with Crippen molar-refractivity contribution in [3.63, 3.8) is 0 Å². The van der Waals surface area contributed by atoms with Gasteiger partial charge in [0.05, 0.1) is 18.3 Å². The minimum absolute atomic E-state index is 0.270. The third-order valence-electron chi connectivity index (χ3n) is 5.15. The van der Waals surface area contributed by atoms with E-state index in [1.165, 1.54) is 0 Å². The van der Waals surface area contributed by atoms with Crippen LogP contribution in [0.25, 0.3) is 33.0 Å². The topological polar surface area (TPSA) is 84.2 Å². The molecule has 0 fully saturated rings. The van der Waals surface area contributed by atoms with Gasteiger partial charge in [0.2, 0.25) is 0 Å². The Balaban J connectivity index is 1.86. The number of hydrogen-bond acceptors (Lipinski definition) is 4. The van der Waals surface area contributed by atoms with E-state index in [0.29, 0.717) is 16.9 Å². The Morgan fingerprint density at radius 1 is 0.929 bits per heavy atom. The van der Waals surface area contributed by atoms with E-state index in [0.717, 1.165) is 27.5 Å². The normalized spacial score (nSPS) is 14.4. The molecule has 28 heavy (non-hydrogen) atoms. The van der Waals surface area contributed by atoms with Crippen molar-refractivity contribution in [1.29, 1.82) is 0 Å². The third-order valence-corrected chi connectivity index (χ3v) is 5.15. The van der Waals surface area contributed by atoms with Crippen molar-refractivity contribution in [2.45, 2.75) is 6.92 Å². The van der Waals surface area contributed by atoms with Gasteiger partial charge >= 0.3 is 11.9 Å². The number of rotatable bonds is 3. The van der Waals surface area contributed by atoms with Crippen LogP contribution in [0.5, 0.6) is 5.75 Å². The van der Waals surface area contributed by atoms with Crippen LogP contribution in [0.2, 0.25) is 0 Å². The molecule has 0 aliphatic carbocycles. The SMILES string of the molecule is COc1ccc2[nH]c(C)c(C3=C(c4c[nH]c5ccccc45)C(=O)OC3=O)c2c1. The summed E-state index contributed by atoms with van der Waals surface area (Å²) in [5.74, 6) is -0.613. The highest BCUT2D eigenvalue weighted by atomic mass is 16.6. The maximum Gasteiger partial charge on any atom is 0.347 e. The van der Waals surface area contributed by atoms with Gasteiger partial charge in [-0.1, -0.05) is 18.2 Å². The van der Waals surface area contributed by atoms with E-state index in [-0.39, 0.29) is 11.1 Å². The van der Waals surface area contributed by atoms with Gasteiger partial charge in [-0.3, -0.25) is 0 Å². The maximum atomic E-state index is 12.7. The van der Waals surface area contributed by atoms with Crippen molar-refractivity contribution in [2.24, 2.45) is 0 Å². The molecule has 1 aliphatic heterocycles. The zero-order valence-corrected chi connectivity index (χ0v) is 15.3. The van der Waals surface area contributed by atoms with E-state index in [2.05, 4.69) is 9.97 Å². The second kappa shape index (κ2) is 5.85. The average molecular weight is 372 g/mol. The molecule has 0 unspecified atom stereocenters. The molecule has 2 aromatic heterocycles. The summed E-state index contributed by atoms with van der Waals surface area (Å²) in [5, 5.41) is 1.66. The first-order chi connectivity index (χ1) is 13.6. The van der Waals surface area contributed by atoms with E-state index in [1.54, 1.807) is 13.3 Å². The molecule has 0 spiro atoms. The van der Waals surface area contributed by atoms with Crippen molar-refractivity contribution in [1.82, 2.24) is 9.97 Å². The number of para-hydroxylation sites is 1. The van der Waals surface area contributed by atoms with Crippen LogP contribution in [-0.2, 0) is 14.3 Å². The van der Waals surface area contributed by atoms with Crippen LogP contribution >= 0.6 is 0 Å². The summed E-state index contributed by atoms with van der Waals surface area (Å²) in [6.07, 6.45) is 1.74. The molecule has 0 bridgehead atoms. The summed E-state index contributed by atoms with van der Waals surface area (Å²) in [7, 11) is 1.59. The molecule has 6 heteroatoms. The minimum Gasteiger partial charge on any atom is -0.497 e. The largest absolute Gasteiger partial charge is 0.497 e. The van der Waals surface area contributed by atoms with Gasteiger partial charge in [0.25, 0.3) is 0 Å². The lowest BCUT2D eigenvalue weighted by atomic mass is 9.94. The number of benzene rings is 2. The highest BCUT2D eigenvalue weighted by molar-refractivity contribution is 6.47. The Morgan fingerprint density at radius 2 is 1.71 bits per heavy atom. The van der Waals surface area contributed by atoms with Crippen molar-refractivity contribution in [3.05, 3.63) is 65.5 Å². The van der Waals surface area contributed by atoms with Crippen LogP contribution in [0.1, 0.15) is 16.8 Å². The summed E-state index contributed by atoms with van der Waals surface area (Å²) in [5.41, 5.74) is 4.37. The van der Waals surface area contributed by atoms with Crippen LogP contribution in [-0.4, -0.2) is 29.0 Å². The Bertz CT molecular complexity index is 1320. The van der Waals surface area contributed by atoms with Gasteiger partial charge in [-0.15, -0.1) is 0 Å². The van der Waals surface area contributed by atoms with E-state index >= 15 is 0 Å². The first-order valence-corrected chi connectivity index (χ1v) is 8.82. The van der Waals surface area contributed by atoms with Crippen molar-refractivity contribution >= 4 is 44.9 Å². The van der Waals surface area contributed by atoms with Crippen LogP contribution < -0.4 is 4.74 Å². The molecule has 0 saturated carbocycles. The predicted molar refractivity (Wildman–Crippen MR) is 106 cm³/mol. The second-order valence-electron chi connectivity index (χ2n) is 6.71. The van der Waals surface area contributed by atoms with Gasteiger partial charge in [0.1, 0.15) is 5.75 Å². The van der Waals surface area contributed by atoms with Gasteiger partial charge in [0, 0.05) is 44.8 Å². The number of carbonyl (C=O) groups is 2. The fraction of sp³-hybridized carbons (Fsp3) is 0.0909. The van der Waals surface area contributed by atoms with Gasteiger partial charge in [-0.2, -0.15) is 0 Å². The molecule has 2 N–H and O–H groups in total. The summed E-state index contributed by atoms with van der Waals surface area (Å²) >= 11 is 0. The zero-order valence-electron chi connectivity index (χ0n) is 15.3. The maximum absolute atomic E-state index is 12.7. The zero-order chi connectivity index (χ0) is 19.4. The lowest BCUT2D eigenvalue weighted by Gasteiger charge is -2.04. The van der Waals surface area contributed by atoms with Gasteiger partial charge in [0.15, 0.2) is 0 Å². The average Bonchev–Trinajstić information content (AvgIpc) is 3.33. The molecular weight excluding hydrogens is 356 g/mol. The Morgan fingerprint density at radius 3 is 2.54 bits per heavy atom. The summed E-state index contributed by atoms with van der Waals surface area (Å²) in [4.78, 5) is 31.8. The number of hydrogen-bond donors (Lipinski definition) is 2. The first-order valence-electron chi connectivity index (χ1n) is 8.82. The molecule has 2 aromatic carbocycles. The van der Waals surface area contributed by atoms with Crippen LogP contribution in [0.3, 0.4) is 0 Å². The van der Waals surface area contributed by atoms with Gasteiger partial charge in [-0.25, -0.2) is 9.59 Å². The number of esters is 2. The lowest BCUT2D eigenvalue weighted by molar-refractivity contribution is -0.149. The van der Waals surface area contributed by atoms with E-state index in [4.69, 9.17) is 9.47 Å². The van der Waals surface area contributed by atoms with Crippen molar-refractivity contribution < 1.29 is 19.1 Å². The Hall–Kier alpha value is -3.80. The number of carbonyl (C=O) groups excluding carboxylic acids is 2. The highest BCUT2D eigenvalue weighted by Crippen LogP contribution is 2.41. The Labute approximate surface area is 159 Å². The first kappa shape index (κ1) is 16.4. The van der Waals surface area contributed by atoms with E-state index < -0.39 is 11.9 Å². The number of ether oxygens (including phenoxy) is 2. The molecule has 0 atom stereocenters. The monoisotopic (exact) mass is 372 g/mol.